The van der Waals surface area contributed by atoms with Gasteiger partial charge in [-0.05, 0) is 43.5 Å². The van der Waals surface area contributed by atoms with Crippen LogP contribution in [0.2, 0.25) is 0 Å². The first kappa shape index (κ1) is 20.6. The number of ether oxygens (including phenoxy) is 3. The molecule has 0 bridgehead atoms. The molecule has 3 heterocycles. The van der Waals surface area contributed by atoms with Crippen LogP contribution in [0.5, 0.6) is 11.5 Å². The monoisotopic (exact) mass is 435 g/mol. The molecule has 2 saturated heterocycles. The molecule has 0 spiro atoms. The van der Waals surface area contributed by atoms with E-state index < -0.39 is 17.7 Å². The van der Waals surface area contributed by atoms with Crippen molar-refractivity contribution in [1.82, 2.24) is 4.90 Å². The standard InChI is InChI=1S/C25H25NO6/c1-15-4-2-5-16(12-15)22-21(24(28)25(29)26(22)14-18-6-3-9-30-18)23(27)17-7-8-19-20(13-17)32-11-10-31-19/h2,4-5,7-8,12-13,18,22,27H,3,6,9-11,14H2,1H3/b23-21-. The Labute approximate surface area is 186 Å². The van der Waals surface area contributed by atoms with E-state index in [2.05, 4.69) is 0 Å². The molecule has 7 heteroatoms. The molecular formula is C25H25NO6. The lowest BCUT2D eigenvalue weighted by atomic mass is 9.94. The van der Waals surface area contributed by atoms with Gasteiger partial charge in [-0.3, -0.25) is 9.59 Å². The number of hydrogen-bond donors (Lipinski definition) is 1. The van der Waals surface area contributed by atoms with E-state index in [0.29, 0.717) is 43.4 Å². The normalized spacial score (nSPS) is 24.2. The third-order valence-electron chi connectivity index (χ3n) is 6.14. The number of Topliss-reactive ketones (excluding diaryl/α,β-unsaturated/α-hetero) is 1. The van der Waals surface area contributed by atoms with E-state index in [1.54, 1.807) is 18.2 Å². The molecular weight excluding hydrogens is 410 g/mol. The molecule has 3 aliphatic rings. The smallest absolute Gasteiger partial charge is 0.295 e. The minimum absolute atomic E-state index is 0.0790. The summed E-state index contributed by atoms with van der Waals surface area (Å²) in [5.41, 5.74) is 2.27. The molecule has 2 unspecified atom stereocenters. The molecule has 2 aromatic carbocycles. The van der Waals surface area contributed by atoms with Gasteiger partial charge < -0.3 is 24.2 Å². The number of benzene rings is 2. The van der Waals surface area contributed by atoms with Crippen molar-refractivity contribution >= 4 is 17.4 Å². The summed E-state index contributed by atoms with van der Waals surface area (Å²) in [6.07, 6.45) is 1.65. The van der Waals surface area contributed by atoms with Crippen molar-refractivity contribution in [2.24, 2.45) is 0 Å². The SMILES string of the molecule is Cc1cccc(C2/C(=C(/O)c3ccc4c(c3)OCCO4)C(=O)C(=O)N2CC2CCCO2)c1. The van der Waals surface area contributed by atoms with E-state index >= 15 is 0 Å². The van der Waals surface area contributed by atoms with E-state index in [9.17, 15) is 14.7 Å². The average molecular weight is 435 g/mol. The maximum absolute atomic E-state index is 13.2. The molecule has 5 rings (SSSR count). The van der Waals surface area contributed by atoms with Crippen LogP contribution in [0, 0.1) is 6.92 Å². The number of aliphatic hydroxyl groups excluding tert-OH is 1. The number of carbonyl (C=O) groups excluding carboxylic acids is 2. The van der Waals surface area contributed by atoms with Gasteiger partial charge in [0.1, 0.15) is 19.0 Å². The molecule has 1 amide bonds. The van der Waals surface area contributed by atoms with Crippen molar-refractivity contribution in [3.8, 4) is 11.5 Å². The Morgan fingerprint density at radius 3 is 2.62 bits per heavy atom. The van der Waals surface area contributed by atoms with Crippen LogP contribution >= 0.6 is 0 Å². The molecule has 0 aliphatic carbocycles. The van der Waals surface area contributed by atoms with Crippen molar-refractivity contribution in [3.05, 3.63) is 64.7 Å². The lowest BCUT2D eigenvalue weighted by molar-refractivity contribution is -0.140. The van der Waals surface area contributed by atoms with Crippen LogP contribution in [0.15, 0.2) is 48.0 Å². The Hall–Kier alpha value is -3.32. The number of amides is 1. The zero-order valence-corrected chi connectivity index (χ0v) is 17.9. The molecule has 7 nitrogen and oxygen atoms in total. The molecule has 0 radical (unpaired) electrons. The summed E-state index contributed by atoms with van der Waals surface area (Å²) in [4.78, 5) is 27.8. The summed E-state index contributed by atoms with van der Waals surface area (Å²) in [5, 5.41) is 11.2. The first-order chi connectivity index (χ1) is 15.5. The molecule has 166 valence electrons. The second kappa shape index (κ2) is 8.31. The van der Waals surface area contributed by atoms with E-state index in [4.69, 9.17) is 14.2 Å². The number of aryl methyl sites for hydroxylation is 1. The largest absolute Gasteiger partial charge is 0.507 e. The highest BCUT2D eigenvalue weighted by atomic mass is 16.6. The van der Waals surface area contributed by atoms with Crippen molar-refractivity contribution in [2.45, 2.75) is 31.9 Å². The third-order valence-corrected chi connectivity index (χ3v) is 6.14. The first-order valence-electron chi connectivity index (χ1n) is 10.9. The fourth-order valence-electron chi connectivity index (χ4n) is 4.61. The summed E-state index contributed by atoms with van der Waals surface area (Å²) in [6.45, 7) is 3.78. The van der Waals surface area contributed by atoms with Crippen LogP contribution in [0.1, 0.15) is 35.6 Å². The number of fused-ring (bicyclic) bond motifs is 1. The summed E-state index contributed by atoms with van der Waals surface area (Å²) in [7, 11) is 0. The van der Waals surface area contributed by atoms with E-state index in [1.807, 2.05) is 31.2 Å². The number of ketones is 1. The second-order valence-corrected chi connectivity index (χ2v) is 8.36. The van der Waals surface area contributed by atoms with Gasteiger partial charge in [0, 0.05) is 18.7 Å². The maximum atomic E-state index is 13.2. The molecule has 2 atom stereocenters. The number of hydrogen-bond acceptors (Lipinski definition) is 6. The Bertz CT molecular complexity index is 1100. The van der Waals surface area contributed by atoms with Crippen LogP contribution in [0.25, 0.3) is 5.76 Å². The zero-order valence-electron chi connectivity index (χ0n) is 17.9. The van der Waals surface area contributed by atoms with Gasteiger partial charge in [-0.15, -0.1) is 0 Å². The van der Waals surface area contributed by atoms with Crippen molar-refractivity contribution in [2.75, 3.05) is 26.4 Å². The number of carbonyl (C=O) groups is 2. The predicted molar refractivity (Wildman–Crippen MR) is 117 cm³/mol. The zero-order chi connectivity index (χ0) is 22.2. The van der Waals surface area contributed by atoms with Crippen molar-refractivity contribution in [3.63, 3.8) is 0 Å². The van der Waals surface area contributed by atoms with Crippen LogP contribution in [0.4, 0.5) is 0 Å². The van der Waals surface area contributed by atoms with Crippen LogP contribution in [-0.2, 0) is 14.3 Å². The maximum Gasteiger partial charge on any atom is 0.295 e. The fourth-order valence-corrected chi connectivity index (χ4v) is 4.61. The fraction of sp³-hybridized carbons (Fsp3) is 0.360. The highest BCUT2D eigenvalue weighted by molar-refractivity contribution is 6.46. The highest BCUT2D eigenvalue weighted by Gasteiger charge is 2.47. The van der Waals surface area contributed by atoms with Crippen molar-refractivity contribution in [1.29, 1.82) is 0 Å². The van der Waals surface area contributed by atoms with Crippen molar-refractivity contribution < 1.29 is 28.9 Å². The van der Waals surface area contributed by atoms with Gasteiger partial charge in [0.05, 0.1) is 17.7 Å². The molecule has 1 N–H and O–H groups in total. The number of rotatable bonds is 4. The third kappa shape index (κ3) is 3.62. The Morgan fingerprint density at radius 2 is 1.88 bits per heavy atom. The number of likely N-dealkylation sites (tertiary alicyclic amines) is 1. The van der Waals surface area contributed by atoms with Gasteiger partial charge in [0.25, 0.3) is 11.7 Å². The molecule has 3 aliphatic heterocycles. The average Bonchev–Trinajstić information content (AvgIpc) is 3.41. The number of aliphatic hydroxyl groups is 1. The Kier molecular flexibility index (Phi) is 5.35. The summed E-state index contributed by atoms with van der Waals surface area (Å²) < 4.78 is 16.9. The second-order valence-electron chi connectivity index (χ2n) is 8.36. The number of nitrogens with zero attached hydrogens (tertiary/aromatic N) is 1. The van der Waals surface area contributed by atoms with Gasteiger partial charge in [0.2, 0.25) is 0 Å². The predicted octanol–water partition coefficient (Wildman–Crippen LogP) is 3.37. The summed E-state index contributed by atoms with van der Waals surface area (Å²) in [6, 6.07) is 12.0. The molecule has 32 heavy (non-hydrogen) atoms. The van der Waals surface area contributed by atoms with Gasteiger partial charge >= 0.3 is 0 Å². The molecule has 0 aromatic heterocycles. The Balaban J connectivity index is 1.61. The lowest BCUT2D eigenvalue weighted by Gasteiger charge is -2.27. The summed E-state index contributed by atoms with van der Waals surface area (Å²) >= 11 is 0. The van der Waals surface area contributed by atoms with Crippen LogP contribution < -0.4 is 9.47 Å². The van der Waals surface area contributed by atoms with Gasteiger partial charge in [-0.2, -0.15) is 0 Å². The lowest BCUT2D eigenvalue weighted by Crippen LogP contribution is -2.36. The van der Waals surface area contributed by atoms with Crippen LogP contribution in [-0.4, -0.2) is 54.2 Å². The van der Waals surface area contributed by atoms with Gasteiger partial charge in [0.15, 0.2) is 11.5 Å². The van der Waals surface area contributed by atoms with Crippen LogP contribution in [0.3, 0.4) is 0 Å². The van der Waals surface area contributed by atoms with E-state index in [1.165, 1.54) is 4.90 Å². The molecule has 2 fully saturated rings. The Morgan fingerprint density at radius 1 is 1.06 bits per heavy atom. The molecule has 0 saturated carbocycles. The minimum Gasteiger partial charge on any atom is -0.507 e. The molecule has 2 aromatic rings. The highest BCUT2D eigenvalue weighted by Crippen LogP contribution is 2.41. The summed E-state index contributed by atoms with van der Waals surface area (Å²) in [5.74, 6) is -0.447. The van der Waals surface area contributed by atoms with Gasteiger partial charge in [-0.1, -0.05) is 29.8 Å². The van der Waals surface area contributed by atoms with Gasteiger partial charge in [-0.25, -0.2) is 0 Å². The quantitative estimate of drug-likeness (QED) is 0.450. The van der Waals surface area contributed by atoms with E-state index in [-0.39, 0.29) is 17.4 Å². The first-order valence-corrected chi connectivity index (χ1v) is 10.9. The van der Waals surface area contributed by atoms with E-state index in [0.717, 1.165) is 24.0 Å². The minimum atomic E-state index is -0.693. The topological polar surface area (TPSA) is 85.3 Å².